The van der Waals surface area contributed by atoms with Gasteiger partial charge in [-0.25, -0.2) is 0 Å². The molecule has 2 rings (SSSR count). The summed E-state index contributed by atoms with van der Waals surface area (Å²) in [4.78, 5) is 25.5. The predicted molar refractivity (Wildman–Crippen MR) is 142 cm³/mol. The summed E-state index contributed by atoms with van der Waals surface area (Å²) in [6, 6.07) is 15.1. The Kier molecular flexibility index (Phi) is 9.89. The van der Waals surface area contributed by atoms with Crippen LogP contribution in [0.3, 0.4) is 0 Å². The first kappa shape index (κ1) is 28.7. The standard InChI is InChI=1S/C26H38N4O6/c1-25(2,29(31)32)19-27(5)21-9-13-23(14-10-21)35-17-7-8-18-36-24-15-11-22(12-16-24)28(6)20-26(3,4)30(33)34/h9-16H,7-8,17-20H2,1-6H3. The predicted octanol–water partition coefficient (Wildman–Crippen LogP) is 4.91. The smallest absolute Gasteiger partial charge is 0.233 e. The number of unbranched alkanes of at least 4 members (excludes halogenated alkanes) is 1. The van der Waals surface area contributed by atoms with Gasteiger partial charge in [-0.3, -0.25) is 20.2 Å². The van der Waals surface area contributed by atoms with Gasteiger partial charge in [0, 0.05) is 63.0 Å². The first-order valence-electron chi connectivity index (χ1n) is 12.0. The fourth-order valence-electron chi connectivity index (χ4n) is 3.64. The second kappa shape index (κ2) is 12.4. The van der Waals surface area contributed by atoms with Crippen LogP contribution in [0.5, 0.6) is 11.5 Å². The lowest BCUT2D eigenvalue weighted by atomic mass is 10.1. The summed E-state index contributed by atoms with van der Waals surface area (Å²) < 4.78 is 11.6. The highest BCUT2D eigenvalue weighted by Crippen LogP contribution is 2.23. The van der Waals surface area contributed by atoms with Crippen molar-refractivity contribution in [3.05, 3.63) is 68.8 Å². The van der Waals surface area contributed by atoms with Crippen LogP contribution in [0.4, 0.5) is 11.4 Å². The number of ether oxygens (including phenoxy) is 2. The lowest BCUT2D eigenvalue weighted by Gasteiger charge is -2.25. The molecule has 0 aliphatic rings. The highest BCUT2D eigenvalue weighted by Gasteiger charge is 2.33. The third-order valence-electron chi connectivity index (χ3n) is 5.87. The molecule has 36 heavy (non-hydrogen) atoms. The zero-order valence-electron chi connectivity index (χ0n) is 22.1. The molecule has 0 N–H and O–H groups in total. The van der Waals surface area contributed by atoms with E-state index in [0.29, 0.717) is 26.3 Å². The third kappa shape index (κ3) is 8.58. The van der Waals surface area contributed by atoms with E-state index in [1.807, 2.05) is 72.4 Å². The van der Waals surface area contributed by atoms with Crippen molar-refractivity contribution in [3.63, 3.8) is 0 Å². The first-order chi connectivity index (χ1) is 16.8. The van der Waals surface area contributed by atoms with Gasteiger partial charge in [-0.1, -0.05) is 0 Å². The van der Waals surface area contributed by atoms with Crippen molar-refractivity contribution in [2.45, 2.75) is 51.6 Å². The normalized spacial score (nSPS) is 11.6. The van der Waals surface area contributed by atoms with Gasteiger partial charge in [0.15, 0.2) is 0 Å². The van der Waals surface area contributed by atoms with Crippen LogP contribution in [0, 0.1) is 20.2 Å². The largest absolute Gasteiger partial charge is 0.494 e. The van der Waals surface area contributed by atoms with Gasteiger partial charge in [0.1, 0.15) is 11.5 Å². The zero-order chi connectivity index (χ0) is 26.9. The molecule has 0 atom stereocenters. The zero-order valence-corrected chi connectivity index (χ0v) is 22.1. The molecule has 0 fully saturated rings. The van der Waals surface area contributed by atoms with Crippen molar-refractivity contribution in [1.29, 1.82) is 0 Å². The molecular formula is C26H38N4O6. The average molecular weight is 503 g/mol. The van der Waals surface area contributed by atoms with Crippen LogP contribution in [-0.4, -0.2) is 61.3 Å². The number of nitro groups is 2. The SMILES string of the molecule is CN(CC(C)(C)[N+](=O)[O-])c1ccc(OCCCCOc2ccc(N(C)CC(C)(C)[N+](=O)[O-])cc2)cc1. The van der Waals surface area contributed by atoms with Crippen LogP contribution in [0.15, 0.2) is 48.5 Å². The minimum absolute atomic E-state index is 0.262. The monoisotopic (exact) mass is 502 g/mol. The van der Waals surface area contributed by atoms with Crippen molar-refractivity contribution in [1.82, 2.24) is 0 Å². The Morgan fingerprint density at radius 2 is 0.972 bits per heavy atom. The van der Waals surface area contributed by atoms with Crippen LogP contribution in [0.25, 0.3) is 0 Å². The molecule has 0 amide bonds. The van der Waals surface area contributed by atoms with Crippen molar-refractivity contribution < 1.29 is 19.3 Å². The second-order valence-corrected chi connectivity index (χ2v) is 10.2. The van der Waals surface area contributed by atoms with Gasteiger partial charge in [0.25, 0.3) is 0 Å². The van der Waals surface area contributed by atoms with E-state index in [4.69, 9.17) is 9.47 Å². The van der Waals surface area contributed by atoms with Gasteiger partial charge >= 0.3 is 0 Å². The minimum atomic E-state index is -1.03. The number of rotatable bonds is 15. The number of benzene rings is 2. The Labute approximate surface area is 213 Å². The Hall–Kier alpha value is -3.56. The third-order valence-corrected chi connectivity index (χ3v) is 5.87. The molecule has 0 unspecified atom stereocenters. The quantitative estimate of drug-likeness (QED) is 0.192. The molecule has 2 aromatic carbocycles. The Balaban J connectivity index is 1.69. The summed E-state index contributed by atoms with van der Waals surface area (Å²) in [6.07, 6.45) is 1.66. The number of anilines is 2. The van der Waals surface area contributed by atoms with E-state index >= 15 is 0 Å². The molecule has 0 aliphatic carbocycles. The van der Waals surface area contributed by atoms with Crippen LogP contribution in [0.2, 0.25) is 0 Å². The van der Waals surface area contributed by atoms with Gasteiger partial charge < -0.3 is 19.3 Å². The van der Waals surface area contributed by atoms with Crippen LogP contribution >= 0.6 is 0 Å². The molecule has 0 saturated carbocycles. The van der Waals surface area contributed by atoms with Gasteiger partial charge in [0.2, 0.25) is 11.1 Å². The van der Waals surface area contributed by atoms with Crippen molar-refractivity contribution in [2.75, 3.05) is 50.2 Å². The Morgan fingerprint density at radius 1 is 0.667 bits per heavy atom. The van der Waals surface area contributed by atoms with Crippen LogP contribution in [0.1, 0.15) is 40.5 Å². The Morgan fingerprint density at radius 3 is 1.25 bits per heavy atom. The van der Waals surface area contributed by atoms with Crippen molar-refractivity contribution >= 4 is 11.4 Å². The molecule has 10 nitrogen and oxygen atoms in total. The maximum absolute atomic E-state index is 11.1. The molecule has 2 aromatic rings. The molecule has 0 aromatic heterocycles. The van der Waals surface area contributed by atoms with Gasteiger partial charge in [-0.05, 0) is 61.4 Å². The van der Waals surface area contributed by atoms with Gasteiger partial charge in [-0.2, -0.15) is 0 Å². The molecule has 198 valence electrons. The highest BCUT2D eigenvalue weighted by atomic mass is 16.6. The van der Waals surface area contributed by atoms with E-state index in [2.05, 4.69) is 0 Å². The fourth-order valence-corrected chi connectivity index (χ4v) is 3.64. The number of nitrogens with zero attached hydrogens (tertiary/aromatic N) is 4. The Bertz CT molecular complexity index is 911. The molecular weight excluding hydrogens is 464 g/mol. The van der Waals surface area contributed by atoms with E-state index in [1.165, 1.54) is 0 Å². The summed E-state index contributed by atoms with van der Waals surface area (Å²) >= 11 is 0. The second-order valence-electron chi connectivity index (χ2n) is 10.2. The molecule has 10 heteroatoms. The lowest BCUT2D eigenvalue weighted by molar-refractivity contribution is -0.557. The summed E-state index contributed by atoms with van der Waals surface area (Å²) in [5.41, 5.74) is -0.268. The van der Waals surface area contributed by atoms with E-state index < -0.39 is 11.1 Å². The highest BCUT2D eigenvalue weighted by molar-refractivity contribution is 5.49. The molecule has 0 aliphatic heterocycles. The summed E-state index contributed by atoms with van der Waals surface area (Å²) in [5, 5.41) is 22.3. The molecule has 0 radical (unpaired) electrons. The number of hydrogen-bond donors (Lipinski definition) is 0. The number of hydrogen-bond acceptors (Lipinski definition) is 8. The molecule has 0 heterocycles. The van der Waals surface area contributed by atoms with Crippen LogP contribution in [-0.2, 0) is 0 Å². The average Bonchev–Trinajstić information content (AvgIpc) is 2.81. The van der Waals surface area contributed by atoms with Crippen molar-refractivity contribution in [2.24, 2.45) is 0 Å². The summed E-state index contributed by atoms with van der Waals surface area (Å²) in [7, 11) is 3.67. The van der Waals surface area contributed by atoms with Crippen LogP contribution < -0.4 is 19.3 Å². The van der Waals surface area contributed by atoms with Gasteiger partial charge in [-0.15, -0.1) is 0 Å². The van der Waals surface area contributed by atoms with Gasteiger partial charge in [0.05, 0.1) is 26.3 Å². The minimum Gasteiger partial charge on any atom is -0.494 e. The maximum Gasteiger partial charge on any atom is 0.233 e. The van der Waals surface area contributed by atoms with E-state index in [0.717, 1.165) is 35.7 Å². The van der Waals surface area contributed by atoms with E-state index in [-0.39, 0.29) is 9.85 Å². The van der Waals surface area contributed by atoms with Crippen molar-refractivity contribution in [3.8, 4) is 11.5 Å². The molecule has 0 saturated heterocycles. The summed E-state index contributed by atoms with van der Waals surface area (Å²) in [6.45, 7) is 8.18. The first-order valence-corrected chi connectivity index (χ1v) is 12.0. The van der Waals surface area contributed by atoms with E-state index in [9.17, 15) is 20.2 Å². The topological polar surface area (TPSA) is 111 Å². The molecule has 0 spiro atoms. The molecule has 0 bridgehead atoms. The maximum atomic E-state index is 11.1. The fraction of sp³-hybridized carbons (Fsp3) is 0.538. The summed E-state index contributed by atoms with van der Waals surface area (Å²) in [5.74, 6) is 1.50. The lowest BCUT2D eigenvalue weighted by Crippen LogP contribution is -2.42. The number of likely N-dealkylation sites (N-methyl/N-ethyl adjacent to an activating group) is 2. The van der Waals surface area contributed by atoms with E-state index in [1.54, 1.807) is 27.7 Å².